The summed E-state index contributed by atoms with van der Waals surface area (Å²) in [6.45, 7) is 14.3. The third-order valence-corrected chi connectivity index (χ3v) is 2.04. The molecule has 0 unspecified atom stereocenters. The van der Waals surface area contributed by atoms with E-state index in [0.29, 0.717) is 0 Å². The predicted molar refractivity (Wildman–Crippen MR) is 61.1 cm³/mol. The molecule has 0 rings (SSSR count). The van der Waals surface area contributed by atoms with E-state index >= 15 is 0 Å². The van der Waals surface area contributed by atoms with Crippen LogP contribution in [0.15, 0.2) is 28.4 Å². The van der Waals surface area contributed by atoms with Gasteiger partial charge in [0, 0.05) is 11.1 Å². The molecule has 0 aromatic heterocycles. The molecule has 0 aromatic rings. The summed E-state index contributed by atoms with van der Waals surface area (Å²) in [5, 5.41) is 0. The van der Waals surface area contributed by atoms with Gasteiger partial charge in [-0.15, -0.1) is 0 Å². The highest BCUT2D eigenvalue weighted by Gasteiger charge is 2.15. The second-order valence-electron chi connectivity index (χ2n) is 4.15. The fourth-order valence-corrected chi connectivity index (χ4v) is 1.06. The molecule has 0 bridgehead atoms. The van der Waals surface area contributed by atoms with Gasteiger partial charge >= 0.3 is 0 Å². The lowest BCUT2D eigenvalue weighted by atomic mass is 9.90. The van der Waals surface area contributed by atoms with E-state index in [9.17, 15) is 0 Å². The van der Waals surface area contributed by atoms with Gasteiger partial charge in [0.2, 0.25) is 0 Å². The van der Waals surface area contributed by atoms with Gasteiger partial charge in [-0.2, -0.15) is 0 Å². The van der Waals surface area contributed by atoms with E-state index in [0.717, 1.165) is 12.1 Å². The van der Waals surface area contributed by atoms with Gasteiger partial charge < -0.3 is 0 Å². The van der Waals surface area contributed by atoms with Crippen LogP contribution >= 0.6 is 0 Å². The molecule has 0 atom stereocenters. The molecule has 0 radical (unpaired) electrons. The highest BCUT2D eigenvalue weighted by molar-refractivity contribution is 5.34. The Morgan fingerprint density at radius 2 is 1.92 bits per heavy atom. The van der Waals surface area contributed by atoms with Gasteiger partial charge in [-0.25, -0.2) is 0 Å². The zero-order chi connectivity index (χ0) is 10.5. The number of aliphatic imine (C=N–C) groups is 1. The highest BCUT2D eigenvalue weighted by atomic mass is 14.7. The summed E-state index contributed by atoms with van der Waals surface area (Å²) in [5.74, 6) is 0. The van der Waals surface area contributed by atoms with Crippen LogP contribution in [0.5, 0.6) is 0 Å². The molecule has 13 heavy (non-hydrogen) atoms. The van der Waals surface area contributed by atoms with Gasteiger partial charge in [-0.3, -0.25) is 4.99 Å². The predicted octanol–water partition coefficient (Wildman–Crippen LogP) is 3.97. The fraction of sp³-hybridized carbons (Fsp3) is 0.583. The summed E-state index contributed by atoms with van der Waals surface area (Å²) >= 11 is 0. The second-order valence-corrected chi connectivity index (χ2v) is 4.15. The molecular formula is C12H21N. The summed E-state index contributed by atoms with van der Waals surface area (Å²) in [6.07, 6.45) is 5.30. The van der Waals surface area contributed by atoms with Crippen LogP contribution in [0, 0.1) is 5.41 Å². The van der Waals surface area contributed by atoms with Gasteiger partial charge in [-0.1, -0.05) is 39.3 Å². The number of nitrogens with zero attached hydrogens (tertiary/aromatic N) is 1. The van der Waals surface area contributed by atoms with Crippen LogP contribution < -0.4 is 0 Å². The van der Waals surface area contributed by atoms with E-state index < -0.39 is 0 Å². The zero-order valence-electron chi connectivity index (χ0n) is 9.52. The smallest absolute Gasteiger partial charge is 0.0452 e. The SMILES string of the molecule is C=N/C(=C\C(=C/C)CC)C(C)(C)C. The van der Waals surface area contributed by atoms with Crippen molar-refractivity contribution in [2.45, 2.75) is 41.0 Å². The molecule has 0 heterocycles. The van der Waals surface area contributed by atoms with Crippen molar-refractivity contribution in [3.05, 3.63) is 23.4 Å². The van der Waals surface area contributed by atoms with Crippen molar-refractivity contribution >= 4 is 6.72 Å². The van der Waals surface area contributed by atoms with E-state index in [1.165, 1.54) is 5.57 Å². The maximum Gasteiger partial charge on any atom is 0.0452 e. The fourth-order valence-electron chi connectivity index (χ4n) is 1.06. The summed E-state index contributed by atoms with van der Waals surface area (Å²) in [7, 11) is 0. The van der Waals surface area contributed by atoms with E-state index in [4.69, 9.17) is 0 Å². The van der Waals surface area contributed by atoms with Crippen LogP contribution in [-0.2, 0) is 0 Å². The molecule has 0 N–H and O–H groups in total. The van der Waals surface area contributed by atoms with Crippen molar-refractivity contribution in [1.29, 1.82) is 0 Å². The number of hydrogen-bond acceptors (Lipinski definition) is 1. The van der Waals surface area contributed by atoms with Crippen molar-refractivity contribution in [1.82, 2.24) is 0 Å². The summed E-state index contributed by atoms with van der Waals surface area (Å²) in [4.78, 5) is 4.07. The standard InChI is InChI=1S/C12H21N/c1-7-10(8-2)9-11(13-6)12(3,4)5/h7,9H,6,8H2,1-5H3/b10-7-,11-9-. The highest BCUT2D eigenvalue weighted by Crippen LogP contribution is 2.27. The third-order valence-electron chi connectivity index (χ3n) is 2.04. The molecule has 1 nitrogen and oxygen atoms in total. The van der Waals surface area contributed by atoms with Gasteiger partial charge in [0.15, 0.2) is 0 Å². The molecule has 1 heteroatoms. The Bertz CT molecular complexity index is 226. The molecule has 0 aromatic carbocycles. The molecule has 0 amide bonds. The van der Waals surface area contributed by atoms with E-state index in [2.05, 4.69) is 58.5 Å². The largest absolute Gasteiger partial charge is 0.269 e. The number of hydrogen-bond donors (Lipinski definition) is 0. The Balaban J connectivity index is 4.87. The molecule has 0 saturated carbocycles. The van der Waals surface area contributed by atoms with Gasteiger partial charge in [0.05, 0.1) is 0 Å². The first-order chi connectivity index (χ1) is 5.95. The summed E-state index contributed by atoms with van der Waals surface area (Å²) < 4.78 is 0. The molecule has 0 spiro atoms. The minimum atomic E-state index is 0.0885. The minimum absolute atomic E-state index is 0.0885. The molecule has 0 saturated heterocycles. The van der Waals surface area contributed by atoms with Crippen LogP contribution in [0.2, 0.25) is 0 Å². The topological polar surface area (TPSA) is 12.4 Å². The molecule has 0 aliphatic rings. The number of rotatable bonds is 3. The Morgan fingerprint density at radius 3 is 2.15 bits per heavy atom. The second kappa shape index (κ2) is 5.00. The van der Waals surface area contributed by atoms with Crippen molar-refractivity contribution < 1.29 is 0 Å². The van der Waals surface area contributed by atoms with E-state index in [-0.39, 0.29) is 5.41 Å². The van der Waals surface area contributed by atoms with Gasteiger partial charge in [0.1, 0.15) is 0 Å². The summed E-state index contributed by atoms with van der Waals surface area (Å²) in [5.41, 5.74) is 2.46. The van der Waals surface area contributed by atoms with Crippen molar-refractivity contribution in [3.8, 4) is 0 Å². The molecule has 0 aliphatic carbocycles. The van der Waals surface area contributed by atoms with E-state index in [1.807, 2.05) is 0 Å². The average molecular weight is 179 g/mol. The molecule has 74 valence electrons. The Hall–Kier alpha value is -0.850. The van der Waals surface area contributed by atoms with Gasteiger partial charge in [-0.05, 0) is 26.1 Å². The zero-order valence-corrected chi connectivity index (χ0v) is 9.52. The minimum Gasteiger partial charge on any atom is -0.269 e. The maximum absolute atomic E-state index is 4.07. The van der Waals surface area contributed by atoms with Crippen molar-refractivity contribution in [2.75, 3.05) is 0 Å². The van der Waals surface area contributed by atoms with Gasteiger partial charge in [0.25, 0.3) is 0 Å². The van der Waals surface area contributed by atoms with Crippen LogP contribution in [0.25, 0.3) is 0 Å². The lowest BCUT2D eigenvalue weighted by molar-refractivity contribution is 0.498. The lowest BCUT2D eigenvalue weighted by Gasteiger charge is -2.19. The Kier molecular flexibility index (Phi) is 4.68. The first-order valence-electron chi connectivity index (χ1n) is 4.79. The normalized spacial score (nSPS) is 14.5. The van der Waals surface area contributed by atoms with E-state index in [1.54, 1.807) is 0 Å². The van der Waals surface area contributed by atoms with Crippen molar-refractivity contribution in [2.24, 2.45) is 10.4 Å². The number of allylic oxidation sites excluding steroid dienone is 4. The maximum atomic E-state index is 4.07. The van der Waals surface area contributed by atoms with Crippen LogP contribution in [-0.4, -0.2) is 6.72 Å². The average Bonchev–Trinajstić information content (AvgIpc) is 2.04. The van der Waals surface area contributed by atoms with Crippen LogP contribution in [0.4, 0.5) is 0 Å². The van der Waals surface area contributed by atoms with Crippen molar-refractivity contribution in [3.63, 3.8) is 0 Å². The molecule has 0 fully saturated rings. The molecular weight excluding hydrogens is 158 g/mol. The summed E-state index contributed by atoms with van der Waals surface area (Å²) in [6, 6.07) is 0. The van der Waals surface area contributed by atoms with Crippen LogP contribution in [0.1, 0.15) is 41.0 Å². The lowest BCUT2D eigenvalue weighted by Crippen LogP contribution is -2.07. The first kappa shape index (κ1) is 12.2. The van der Waals surface area contributed by atoms with Crippen LogP contribution in [0.3, 0.4) is 0 Å². The first-order valence-corrected chi connectivity index (χ1v) is 4.79. The molecule has 0 aliphatic heterocycles. The quantitative estimate of drug-likeness (QED) is 0.459. The third kappa shape index (κ3) is 4.07. The monoisotopic (exact) mass is 179 g/mol. The Labute approximate surface area is 82.3 Å². The Morgan fingerprint density at radius 1 is 1.38 bits per heavy atom.